The van der Waals surface area contributed by atoms with Gasteiger partial charge in [-0.05, 0) is 29.7 Å². The lowest BCUT2D eigenvalue weighted by Gasteiger charge is -2.10. The van der Waals surface area contributed by atoms with Gasteiger partial charge in [-0.25, -0.2) is 0 Å². The average molecular weight is 249 g/mol. The highest BCUT2D eigenvalue weighted by molar-refractivity contribution is 7.79. The molecule has 0 fully saturated rings. The summed E-state index contributed by atoms with van der Waals surface area (Å²) >= 11 is 16.6. The molecule has 0 amide bonds. The van der Waals surface area contributed by atoms with Gasteiger partial charge in [-0.2, -0.15) is 0 Å². The molecule has 1 unspecified atom stereocenters. The van der Waals surface area contributed by atoms with E-state index in [1.807, 2.05) is 6.92 Å². The lowest BCUT2D eigenvalue weighted by Crippen LogP contribution is -1.98. The second-order valence-electron chi connectivity index (χ2n) is 2.90. The average Bonchev–Trinajstić information content (AvgIpc) is 2.16. The highest BCUT2D eigenvalue weighted by atomic mass is 35.5. The molecule has 0 radical (unpaired) electrons. The van der Waals surface area contributed by atoms with E-state index in [2.05, 4.69) is 12.2 Å². The van der Waals surface area contributed by atoms with Gasteiger partial charge in [0, 0.05) is 15.4 Å². The Hall–Kier alpha value is -0.150. The van der Waals surface area contributed by atoms with E-state index in [4.69, 9.17) is 23.2 Å². The SMILES string of the molecule is CCc1c(Cl)cc(C(O)C=S)cc1Cl. The van der Waals surface area contributed by atoms with Crippen LogP contribution in [0.1, 0.15) is 24.2 Å². The van der Waals surface area contributed by atoms with Crippen molar-refractivity contribution in [1.29, 1.82) is 0 Å². The molecule has 1 atom stereocenters. The Morgan fingerprint density at radius 2 is 1.93 bits per heavy atom. The first kappa shape index (κ1) is 11.9. The molecule has 1 aromatic rings. The molecule has 14 heavy (non-hydrogen) atoms. The summed E-state index contributed by atoms with van der Waals surface area (Å²) < 4.78 is 0. The summed E-state index contributed by atoms with van der Waals surface area (Å²) in [6.45, 7) is 1.97. The van der Waals surface area contributed by atoms with Crippen LogP contribution < -0.4 is 0 Å². The smallest absolute Gasteiger partial charge is 0.107 e. The van der Waals surface area contributed by atoms with E-state index < -0.39 is 6.10 Å². The molecule has 1 nitrogen and oxygen atoms in total. The maximum atomic E-state index is 9.46. The minimum absolute atomic E-state index is 0.575. The highest BCUT2D eigenvalue weighted by Gasteiger charge is 2.10. The summed E-state index contributed by atoms with van der Waals surface area (Å²) in [6.07, 6.45) is -0.0167. The third kappa shape index (κ3) is 2.45. The fourth-order valence-electron chi connectivity index (χ4n) is 1.21. The molecule has 0 heterocycles. The minimum Gasteiger partial charge on any atom is -0.383 e. The molecule has 0 aliphatic carbocycles. The zero-order chi connectivity index (χ0) is 10.7. The summed E-state index contributed by atoms with van der Waals surface area (Å²) in [4.78, 5) is 0. The standard InChI is InChI=1S/C10H10Cl2OS/c1-2-7-8(11)3-6(4-9(7)12)10(13)5-14/h3-5,10,13H,2H2,1H3. The summed E-state index contributed by atoms with van der Waals surface area (Å²) in [5.74, 6) is 0. The minimum atomic E-state index is -0.786. The van der Waals surface area contributed by atoms with Gasteiger partial charge < -0.3 is 5.11 Å². The molecular formula is C10H10Cl2OS. The first-order valence-corrected chi connectivity index (χ1v) is 5.44. The number of thiocarbonyl (C=S) groups is 1. The van der Waals surface area contributed by atoms with Gasteiger partial charge in [-0.15, -0.1) is 0 Å². The lowest BCUT2D eigenvalue weighted by molar-refractivity contribution is 0.255. The van der Waals surface area contributed by atoms with Crippen LogP contribution in [0.2, 0.25) is 10.0 Å². The quantitative estimate of drug-likeness (QED) is 0.826. The number of hydrogen-bond donors (Lipinski definition) is 1. The van der Waals surface area contributed by atoms with Crippen LogP contribution in [-0.4, -0.2) is 10.5 Å². The molecule has 0 bridgehead atoms. The predicted octanol–water partition coefficient (Wildman–Crippen LogP) is 3.59. The molecule has 4 heteroatoms. The molecule has 0 saturated carbocycles. The molecule has 76 valence electrons. The van der Waals surface area contributed by atoms with Crippen LogP contribution in [0.4, 0.5) is 0 Å². The topological polar surface area (TPSA) is 20.2 Å². The molecule has 1 rings (SSSR count). The van der Waals surface area contributed by atoms with Crippen LogP contribution in [0.3, 0.4) is 0 Å². The Morgan fingerprint density at radius 3 is 2.29 bits per heavy atom. The molecule has 0 spiro atoms. The van der Waals surface area contributed by atoms with Gasteiger partial charge in [0.05, 0.1) is 0 Å². The number of rotatable bonds is 3. The van der Waals surface area contributed by atoms with Gasteiger partial charge in [0.15, 0.2) is 0 Å². The Morgan fingerprint density at radius 1 is 1.43 bits per heavy atom. The van der Waals surface area contributed by atoms with Gasteiger partial charge in [-0.3, -0.25) is 0 Å². The van der Waals surface area contributed by atoms with Crippen molar-refractivity contribution in [3.05, 3.63) is 33.3 Å². The Bertz CT molecular complexity index is 329. The van der Waals surface area contributed by atoms with Crippen molar-refractivity contribution >= 4 is 40.8 Å². The van der Waals surface area contributed by atoms with E-state index in [1.165, 1.54) is 5.37 Å². The second kappa shape index (κ2) is 5.08. The Kier molecular flexibility index (Phi) is 4.32. The molecule has 0 aromatic heterocycles. The van der Waals surface area contributed by atoms with E-state index in [0.717, 1.165) is 12.0 Å². The predicted molar refractivity (Wildman–Crippen MR) is 64.5 cm³/mol. The maximum Gasteiger partial charge on any atom is 0.107 e. The third-order valence-corrected chi connectivity index (χ3v) is 2.92. The molecule has 0 aliphatic rings. The number of hydrogen-bond acceptors (Lipinski definition) is 2. The van der Waals surface area contributed by atoms with Crippen molar-refractivity contribution in [2.75, 3.05) is 0 Å². The van der Waals surface area contributed by atoms with Crippen LogP contribution in [-0.2, 0) is 6.42 Å². The number of aliphatic hydroxyl groups excluding tert-OH is 1. The van der Waals surface area contributed by atoms with Crippen molar-refractivity contribution in [3.63, 3.8) is 0 Å². The van der Waals surface area contributed by atoms with E-state index >= 15 is 0 Å². The van der Waals surface area contributed by atoms with Crippen molar-refractivity contribution in [1.82, 2.24) is 0 Å². The Balaban J connectivity index is 3.20. The fourth-order valence-corrected chi connectivity index (χ4v) is 2.14. The van der Waals surface area contributed by atoms with Gasteiger partial charge in [0.1, 0.15) is 6.10 Å². The van der Waals surface area contributed by atoms with Crippen molar-refractivity contribution in [2.45, 2.75) is 19.4 Å². The van der Waals surface area contributed by atoms with E-state index in [-0.39, 0.29) is 0 Å². The monoisotopic (exact) mass is 248 g/mol. The van der Waals surface area contributed by atoms with Gasteiger partial charge >= 0.3 is 0 Å². The van der Waals surface area contributed by atoms with Gasteiger partial charge in [-0.1, -0.05) is 42.3 Å². The van der Waals surface area contributed by atoms with Crippen LogP contribution >= 0.6 is 35.4 Å². The van der Waals surface area contributed by atoms with E-state index in [1.54, 1.807) is 12.1 Å². The molecular weight excluding hydrogens is 239 g/mol. The largest absolute Gasteiger partial charge is 0.383 e. The first-order valence-electron chi connectivity index (χ1n) is 4.21. The normalized spacial score (nSPS) is 12.6. The van der Waals surface area contributed by atoms with Crippen LogP contribution in [0.5, 0.6) is 0 Å². The Labute approximate surface area is 98.7 Å². The zero-order valence-corrected chi connectivity index (χ0v) is 9.96. The van der Waals surface area contributed by atoms with E-state index in [0.29, 0.717) is 15.6 Å². The second-order valence-corrected chi connectivity index (χ2v) is 3.98. The van der Waals surface area contributed by atoms with Crippen LogP contribution in [0.15, 0.2) is 12.1 Å². The zero-order valence-electron chi connectivity index (χ0n) is 7.63. The number of benzene rings is 1. The molecule has 1 aromatic carbocycles. The molecule has 0 saturated heterocycles. The van der Waals surface area contributed by atoms with Crippen molar-refractivity contribution in [2.24, 2.45) is 0 Å². The number of halogens is 2. The summed E-state index contributed by atoms with van der Waals surface area (Å²) in [6, 6.07) is 3.39. The van der Waals surface area contributed by atoms with Crippen molar-refractivity contribution < 1.29 is 5.11 Å². The molecule has 0 aliphatic heterocycles. The summed E-state index contributed by atoms with van der Waals surface area (Å²) in [5.41, 5.74) is 1.53. The molecule has 1 N–H and O–H groups in total. The third-order valence-electron chi connectivity index (χ3n) is 1.99. The summed E-state index contributed by atoms with van der Waals surface area (Å²) in [7, 11) is 0. The fraction of sp³-hybridized carbons (Fsp3) is 0.300. The summed E-state index contributed by atoms with van der Waals surface area (Å²) in [5, 5.41) is 11.9. The van der Waals surface area contributed by atoms with Crippen LogP contribution in [0, 0.1) is 0 Å². The lowest BCUT2D eigenvalue weighted by atomic mass is 10.1. The first-order chi connectivity index (χ1) is 6.60. The van der Waals surface area contributed by atoms with Crippen molar-refractivity contribution in [3.8, 4) is 0 Å². The highest BCUT2D eigenvalue weighted by Crippen LogP contribution is 2.29. The van der Waals surface area contributed by atoms with Crippen LogP contribution in [0.25, 0.3) is 0 Å². The maximum absolute atomic E-state index is 9.46. The number of aliphatic hydroxyl groups is 1. The van der Waals surface area contributed by atoms with Gasteiger partial charge in [0.25, 0.3) is 0 Å². The van der Waals surface area contributed by atoms with Gasteiger partial charge in [0.2, 0.25) is 0 Å². The van der Waals surface area contributed by atoms with E-state index in [9.17, 15) is 5.11 Å².